The molecule has 0 fully saturated rings. The number of benzene rings is 1. The van der Waals surface area contributed by atoms with Crippen LogP contribution in [0.15, 0.2) is 28.7 Å². The van der Waals surface area contributed by atoms with Crippen LogP contribution in [-0.4, -0.2) is 13.1 Å². The van der Waals surface area contributed by atoms with Crippen molar-refractivity contribution in [1.29, 1.82) is 0 Å². The fourth-order valence-corrected chi connectivity index (χ4v) is 1.20. The van der Waals surface area contributed by atoms with Gasteiger partial charge in [0.1, 0.15) is 0 Å². The Labute approximate surface area is 81.3 Å². The monoisotopic (exact) mass is 228 g/mol. The third kappa shape index (κ3) is 3.34. The van der Waals surface area contributed by atoms with Gasteiger partial charge in [-0.15, -0.1) is 0 Å². The standard InChI is InChI=1S/C9H13BrN2/c10-9-3-1-8(2-4-9)7-12-6-5-11/h1-4,12H,5-7,11H2. The molecule has 0 aliphatic carbocycles. The van der Waals surface area contributed by atoms with Gasteiger partial charge in [0.15, 0.2) is 0 Å². The van der Waals surface area contributed by atoms with Crippen LogP contribution in [0, 0.1) is 0 Å². The Morgan fingerprint density at radius 3 is 2.50 bits per heavy atom. The molecule has 0 atom stereocenters. The van der Waals surface area contributed by atoms with E-state index in [0.717, 1.165) is 17.6 Å². The Hall–Kier alpha value is -0.380. The zero-order chi connectivity index (χ0) is 8.81. The van der Waals surface area contributed by atoms with Crippen molar-refractivity contribution < 1.29 is 0 Å². The third-order valence-electron chi connectivity index (χ3n) is 1.56. The quantitative estimate of drug-likeness (QED) is 0.768. The number of halogens is 1. The van der Waals surface area contributed by atoms with Crippen LogP contribution in [0.4, 0.5) is 0 Å². The Morgan fingerprint density at radius 2 is 1.92 bits per heavy atom. The van der Waals surface area contributed by atoms with Crippen LogP contribution in [-0.2, 0) is 6.54 Å². The summed E-state index contributed by atoms with van der Waals surface area (Å²) in [6.07, 6.45) is 0. The summed E-state index contributed by atoms with van der Waals surface area (Å²) >= 11 is 3.39. The van der Waals surface area contributed by atoms with E-state index in [2.05, 4.69) is 33.4 Å². The SMILES string of the molecule is NCCNCc1ccc(Br)cc1. The molecule has 3 heteroatoms. The van der Waals surface area contributed by atoms with E-state index in [4.69, 9.17) is 5.73 Å². The van der Waals surface area contributed by atoms with E-state index < -0.39 is 0 Å². The molecule has 0 unspecified atom stereocenters. The maximum atomic E-state index is 5.35. The summed E-state index contributed by atoms with van der Waals surface area (Å²) in [4.78, 5) is 0. The number of hydrogen-bond acceptors (Lipinski definition) is 2. The lowest BCUT2D eigenvalue weighted by Gasteiger charge is -2.02. The second-order valence-electron chi connectivity index (χ2n) is 2.59. The van der Waals surface area contributed by atoms with Crippen molar-refractivity contribution in [3.05, 3.63) is 34.3 Å². The van der Waals surface area contributed by atoms with Gasteiger partial charge in [-0.05, 0) is 17.7 Å². The Morgan fingerprint density at radius 1 is 1.25 bits per heavy atom. The first-order valence-corrected chi connectivity index (χ1v) is 4.77. The minimum atomic E-state index is 0.691. The average molecular weight is 229 g/mol. The zero-order valence-electron chi connectivity index (χ0n) is 6.89. The molecular weight excluding hydrogens is 216 g/mol. The van der Waals surface area contributed by atoms with Gasteiger partial charge in [0.25, 0.3) is 0 Å². The van der Waals surface area contributed by atoms with Gasteiger partial charge in [-0.25, -0.2) is 0 Å². The lowest BCUT2D eigenvalue weighted by Crippen LogP contribution is -2.21. The van der Waals surface area contributed by atoms with Crippen LogP contribution in [0.1, 0.15) is 5.56 Å². The summed E-state index contributed by atoms with van der Waals surface area (Å²) in [5.41, 5.74) is 6.63. The van der Waals surface area contributed by atoms with Crippen molar-refractivity contribution in [3.8, 4) is 0 Å². The Balaban J connectivity index is 2.37. The van der Waals surface area contributed by atoms with E-state index in [0.29, 0.717) is 6.54 Å². The van der Waals surface area contributed by atoms with E-state index in [9.17, 15) is 0 Å². The van der Waals surface area contributed by atoms with Gasteiger partial charge in [-0.3, -0.25) is 0 Å². The second kappa shape index (κ2) is 5.30. The van der Waals surface area contributed by atoms with Gasteiger partial charge in [0.2, 0.25) is 0 Å². The van der Waals surface area contributed by atoms with E-state index >= 15 is 0 Å². The largest absolute Gasteiger partial charge is 0.329 e. The van der Waals surface area contributed by atoms with Crippen molar-refractivity contribution in [1.82, 2.24) is 5.32 Å². The summed E-state index contributed by atoms with van der Waals surface area (Å²) in [6, 6.07) is 8.26. The first-order chi connectivity index (χ1) is 5.83. The normalized spacial score (nSPS) is 10.2. The average Bonchev–Trinajstić information content (AvgIpc) is 2.09. The number of hydrogen-bond donors (Lipinski definition) is 2. The molecule has 0 heterocycles. The summed E-state index contributed by atoms with van der Waals surface area (Å²) < 4.78 is 1.12. The summed E-state index contributed by atoms with van der Waals surface area (Å²) in [5.74, 6) is 0. The number of nitrogens with one attached hydrogen (secondary N) is 1. The molecule has 12 heavy (non-hydrogen) atoms. The van der Waals surface area contributed by atoms with Crippen molar-refractivity contribution in [2.24, 2.45) is 5.73 Å². The highest BCUT2D eigenvalue weighted by atomic mass is 79.9. The maximum absolute atomic E-state index is 5.35. The van der Waals surface area contributed by atoms with Crippen LogP contribution in [0.3, 0.4) is 0 Å². The fraction of sp³-hybridized carbons (Fsp3) is 0.333. The minimum Gasteiger partial charge on any atom is -0.329 e. The van der Waals surface area contributed by atoms with Crippen LogP contribution in [0.25, 0.3) is 0 Å². The number of rotatable bonds is 4. The smallest absolute Gasteiger partial charge is 0.0206 e. The molecule has 0 saturated carbocycles. The molecule has 2 nitrogen and oxygen atoms in total. The highest BCUT2D eigenvalue weighted by Crippen LogP contribution is 2.09. The predicted octanol–water partition coefficient (Wildman–Crippen LogP) is 1.50. The van der Waals surface area contributed by atoms with Crippen LogP contribution in [0.5, 0.6) is 0 Å². The highest BCUT2D eigenvalue weighted by Gasteiger charge is 1.90. The molecule has 3 N–H and O–H groups in total. The van der Waals surface area contributed by atoms with Crippen LogP contribution in [0.2, 0.25) is 0 Å². The van der Waals surface area contributed by atoms with E-state index in [1.165, 1.54) is 5.56 Å². The molecule has 66 valence electrons. The van der Waals surface area contributed by atoms with Gasteiger partial charge in [0, 0.05) is 24.1 Å². The minimum absolute atomic E-state index is 0.691. The van der Waals surface area contributed by atoms with Crippen LogP contribution < -0.4 is 11.1 Å². The molecule has 1 aromatic carbocycles. The number of nitrogens with two attached hydrogens (primary N) is 1. The maximum Gasteiger partial charge on any atom is 0.0206 e. The lowest BCUT2D eigenvalue weighted by atomic mass is 10.2. The third-order valence-corrected chi connectivity index (χ3v) is 2.09. The summed E-state index contributed by atoms with van der Waals surface area (Å²) in [5, 5.41) is 3.23. The first-order valence-electron chi connectivity index (χ1n) is 3.98. The van der Waals surface area contributed by atoms with Gasteiger partial charge >= 0.3 is 0 Å². The molecule has 0 aliphatic heterocycles. The second-order valence-corrected chi connectivity index (χ2v) is 3.51. The molecule has 0 saturated heterocycles. The lowest BCUT2D eigenvalue weighted by molar-refractivity contribution is 0.695. The molecule has 0 aromatic heterocycles. The van der Waals surface area contributed by atoms with Crippen molar-refractivity contribution >= 4 is 15.9 Å². The van der Waals surface area contributed by atoms with Gasteiger partial charge in [-0.2, -0.15) is 0 Å². The Kier molecular flexibility index (Phi) is 4.29. The molecule has 0 amide bonds. The first kappa shape index (κ1) is 9.71. The zero-order valence-corrected chi connectivity index (χ0v) is 8.47. The summed E-state index contributed by atoms with van der Waals surface area (Å²) in [7, 11) is 0. The predicted molar refractivity (Wildman–Crippen MR) is 54.9 cm³/mol. The van der Waals surface area contributed by atoms with E-state index in [1.807, 2.05) is 12.1 Å². The van der Waals surface area contributed by atoms with Crippen LogP contribution >= 0.6 is 15.9 Å². The molecule has 1 rings (SSSR count). The fourth-order valence-electron chi connectivity index (χ4n) is 0.937. The van der Waals surface area contributed by atoms with Crippen molar-refractivity contribution in [2.45, 2.75) is 6.54 Å². The van der Waals surface area contributed by atoms with Crippen molar-refractivity contribution in [2.75, 3.05) is 13.1 Å². The van der Waals surface area contributed by atoms with E-state index in [-0.39, 0.29) is 0 Å². The molecule has 0 spiro atoms. The molecule has 0 radical (unpaired) electrons. The summed E-state index contributed by atoms with van der Waals surface area (Å²) in [6.45, 7) is 2.46. The van der Waals surface area contributed by atoms with Gasteiger partial charge < -0.3 is 11.1 Å². The van der Waals surface area contributed by atoms with Gasteiger partial charge in [0.05, 0.1) is 0 Å². The van der Waals surface area contributed by atoms with Gasteiger partial charge in [-0.1, -0.05) is 28.1 Å². The Bertz CT molecular complexity index is 220. The topological polar surface area (TPSA) is 38.0 Å². The molecule has 0 aliphatic rings. The molecule has 1 aromatic rings. The van der Waals surface area contributed by atoms with Crippen molar-refractivity contribution in [3.63, 3.8) is 0 Å². The highest BCUT2D eigenvalue weighted by molar-refractivity contribution is 9.10. The molecule has 0 bridgehead atoms. The molecular formula is C9H13BrN2. The van der Waals surface area contributed by atoms with E-state index in [1.54, 1.807) is 0 Å².